The summed E-state index contributed by atoms with van der Waals surface area (Å²) in [7, 11) is 0. The van der Waals surface area contributed by atoms with E-state index in [1.54, 1.807) is 0 Å². The van der Waals surface area contributed by atoms with Gasteiger partial charge in [-0.1, -0.05) is 6.07 Å². The third kappa shape index (κ3) is 4.08. The van der Waals surface area contributed by atoms with Crippen molar-refractivity contribution >= 4 is 16.8 Å². The molecule has 0 spiro atoms. The highest BCUT2D eigenvalue weighted by atomic mass is 16.5. The molecule has 2 aromatic rings. The molecule has 0 saturated carbocycles. The molecule has 1 aliphatic rings. The summed E-state index contributed by atoms with van der Waals surface area (Å²) in [6.45, 7) is 5.43. The molecule has 1 fully saturated rings. The van der Waals surface area contributed by atoms with Crippen LogP contribution in [0.4, 0.5) is 0 Å². The summed E-state index contributed by atoms with van der Waals surface area (Å²) in [6.07, 6.45) is 3.35. The lowest BCUT2D eigenvalue weighted by Gasteiger charge is -2.26. The molecule has 5 heteroatoms. The van der Waals surface area contributed by atoms with Crippen molar-refractivity contribution in [1.82, 2.24) is 15.2 Å². The summed E-state index contributed by atoms with van der Waals surface area (Å²) in [6, 6.07) is 8.13. The van der Waals surface area contributed by atoms with E-state index in [0.717, 1.165) is 62.3 Å². The summed E-state index contributed by atoms with van der Waals surface area (Å²) in [5, 5.41) is 4.16. The van der Waals surface area contributed by atoms with Gasteiger partial charge in [0.2, 0.25) is 5.91 Å². The Bertz CT molecular complexity index is 617. The molecule has 0 aliphatic carbocycles. The maximum atomic E-state index is 12.0. The van der Waals surface area contributed by atoms with Gasteiger partial charge in [-0.2, -0.15) is 0 Å². The van der Waals surface area contributed by atoms with Crippen molar-refractivity contribution in [2.24, 2.45) is 0 Å². The van der Waals surface area contributed by atoms with Crippen LogP contribution in [0.5, 0.6) is 0 Å². The second-order valence-corrected chi connectivity index (χ2v) is 5.73. The minimum atomic E-state index is 0.0943. The van der Waals surface area contributed by atoms with E-state index in [4.69, 9.17) is 4.74 Å². The number of carbonyl (C=O) groups is 1. The van der Waals surface area contributed by atoms with E-state index in [-0.39, 0.29) is 5.91 Å². The van der Waals surface area contributed by atoms with Crippen LogP contribution in [0.15, 0.2) is 30.5 Å². The number of nitrogens with one attached hydrogen (secondary N) is 2. The van der Waals surface area contributed by atoms with Gasteiger partial charge in [0.05, 0.1) is 19.6 Å². The molecule has 1 aromatic heterocycles. The zero-order valence-electron chi connectivity index (χ0n) is 12.8. The molecule has 0 atom stereocenters. The number of ether oxygens (including phenoxy) is 1. The van der Waals surface area contributed by atoms with Crippen LogP contribution < -0.4 is 5.32 Å². The lowest BCUT2D eigenvalue weighted by molar-refractivity contribution is -0.120. The van der Waals surface area contributed by atoms with Gasteiger partial charge in [0.15, 0.2) is 0 Å². The zero-order chi connectivity index (χ0) is 15.2. The monoisotopic (exact) mass is 301 g/mol. The fourth-order valence-electron chi connectivity index (χ4n) is 2.82. The van der Waals surface area contributed by atoms with Gasteiger partial charge >= 0.3 is 0 Å². The predicted molar refractivity (Wildman–Crippen MR) is 86.9 cm³/mol. The number of benzene rings is 1. The van der Waals surface area contributed by atoms with Gasteiger partial charge in [-0.05, 0) is 42.1 Å². The standard InChI is InChI=1S/C17H23N3O2/c21-17(19-5-1-7-20-8-10-22-11-9-20)13-14-2-3-16-15(12-14)4-6-18-16/h2-4,6,12,18H,1,5,7-11,13H2,(H,19,21). The van der Waals surface area contributed by atoms with Gasteiger partial charge in [-0.25, -0.2) is 0 Å². The molecule has 2 N–H and O–H groups in total. The van der Waals surface area contributed by atoms with Gasteiger partial charge in [0, 0.05) is 31.3 Å². The molecule has 22 heavy (non-hydrogen) atoms. The van der Waals surface area contributed by atoms with E-state index in [2.05, 4.69) is 21.3 Å². The van der Waals surface area contributed by atoms with Gasteiger partial charge in [0.25, 0.3) is 0 Å². The van der Waals surface area contributed by atoms with E-state index < -0.39 is 0 Å². The molecule has 5 nitrogen and oxygen atoms in total. The Kier molecular flexibility index (Phi) is 5.08. The van der Waals surface area contributed by atoms with Gasteiger partial charge < -0.3 is 15.0 Å². The molecule has 0 bridgehead atoms. The van der Waals surface area contributed by atoms with E-state index in [1.165, 1.54) is 0 Å². The molecule has 1 aromatic carbocycles. The lowest BCUT2D eigenvalue weighted by Crippen LogP contribution is -2.38. The Morgan fingerprint density at radius 1 is 1.27 bits per heavy atom. The number of amides is 1. The van der Waals surface area contributed by atoms with Crippen LogP contribution in [0, 0.1) is 0 Å². The summed E-state index contributed by atoms with van der Waals surface area (Å²) >= 11 is 0. The molecule has 3 rings (SSSR count). The largest absolute Gasteiger partial charge is 0.379 e. The maximum absolute atomic E-state index is 12.0. The van der Waals surface area contributed by atoms with Crippen LogP contribution in [-0.4, -0.2) is 55.2 Å². The predicted octanol–water partition coefficient (Wildman–Crippen LogP) is 1.55. The van der Waals surface area contributed by atoms with Crippen molar-refractivity contribution < 1.29 is 9.53 Å². The van der Waals surface area contributed by atoms with Crippen LogP contribution in [0.2, 0.25) is 0 Å². The molecular formula is C17H23N3O2. The minimum absolute atomic E-state index is 0.0943. The first-order valence-electron chi connectivity index (χ1n) is 7.94. The lowest BCUT2D eigenvalue weighted by atomic mass is 10.1. The Labute approximate surface area is 130 Å². The average Bonchev–Trinajstić information content (AvgIpc) is 3.00. The molecule has 118 valence electrons. The van der Waals surface area contributed by atoms with Crippen LogP contribution >= 0.6 is 0 Å². The normalized spacial score (nSPS) is 16.0. The third-order valence-electron chi connectivity index (χ3n) is 4.06. The Hall–Kier alpha value is -1.85. The summed E-state index contributed by atoms with van der Waals surface area (Å²) in [5.41, 5.74) is 2.16. The van der Waals surface area contributed by atoms with Crippen molar-refractivity contribution in [3.8, 4) is 0 Å². The number of aromatic nitrogens is 1. The van der Waals surface area contributed by atoms with E-state index in [9.17, 15) is 4.79 Å². The zero-order valence-corrected chi connectivity index (χ0v) is 12.8. The van der Waals surface area contributed by atoms with Crippen molar-refractivity contribution in [3.63, 3.8) is 0 Å². The number of aromatic amines is 1. The first kappa shape index (κ1) is 15.1. The van der Waals surface area contributed by atoms with Gasteiger partial charge in [-0.3, -0.25) is 9.69 Å². The first-order valence-corrected chi connectivity index (χ1v) is 7.94. The van der Waals surface area contributed by atoms with Crippen LogP contribution in [0.1, 0.15) is 12.0 Å². The van der Waals surface area contributed by atoms with Crippen molar-refractivity contribution in [2.75, 3.05) is 39.4 Å². The smallest absolute Gasteiger partial charge is 0.224 e. The van der Waals surface area contributed by atoms with E-state index in [1.807, 2.05) is 24.4 Å². The topological polar surface area (TPSA) is 57.4 Å². The SMILES string of the molecule is O=C(Cc1ccc2[nH]ccc2c1)NCCCN1CCOCC1. The van der Waals surface area contributed by atoms with E-state index >= 15 is 0 Å². The number of nitrogens with zero attached hydrogens (tertiary/aromatic N) is 1. The highest BCUT2D eigenvalue weighted by Crippen LogP contribution is 2.14. The maximum Gasteiger partial charge on any atom is 0.224 e. The number of carbonyl (C=O) groups excluding carboxylic acids is 1. The fraction of sp³-hybridized carbons (Fsp3) is 0.471. The Balaban J connectivity index is 1.38. The summed E-state index contributed by atoms with van der Waals surface area (Å²) in [5.74, 6) is 0.0943. The number of fused-ring (bicyclic) bond motifs is 1. The number of hydrogen-bond donors (Lipinski definition) is 2. The number of morpholine rings is 1. The fourth-order valence-corrected chi connectivity index (χ4v) is 2.82. The second-order valence-electron chi connectivity index (χ2n) is 5.73. The number of H-pyrrole nitrogens is 1. The highest BCUT2D eigenvalue weighted by Gasteiger charge is 2.09. The highest BCUT2D eigenvalue weighted by molar-refractivity contribution is 5.83. The summed E-state index contributed by atoms with van der Waals surface area (Å²) < 4.78 is 5.32. The van der Waals surface area contributed by atoms with Crippen molar-refractivity contribution in [3.05, 3.63) is 36.0 Å². The molecule has 0 radical (unpaired) electrons. The van der Waals surface area contributed by atoms with Crippen LogP contribution in [0.25, 0.3) is 10.9 Å². The van der Waals surface area contributed by atoms with Gasteiger partial charge in [0.1, 0.15) is 0 Å². The first-order chi connectivity index (χ1) is 10.8. The number of rotatable bonds is 6. The second kappa shape index (κ2) is 7.42. The average molecular weight is 301 g/mol. The minimum Gasteiger partial charge on any atom is -0.379 e. The van der Waals surface area contributed by atoms with E-state index in [0.29, 0.717) is 6.42 Å². The van der Waals surface area contributed by atoms with Crippen LogP contribution in [0.3, 0.4) is 0 Å². The molecule has 2 heterocycles. The van der Waals surface area contributed by atoms with Crippen LogP contribution in [-0.2, 0) is 16.0 Å². The summed E-state index contributed by atoms with van der Waals surface area (Å²) in [4.78, 5) is 17.5. The Morgan fingerprint density at radius 2 is 2.14 bits per heavy atom. The third-order valence-corrected chi connectivity index (χ3v) is 4.06. The number of hydrogen-bond acceptors (Lipinski definition) is 3. The molecule has 0 unspecified atom stereocenters. The molecule has 1 aliphatic heterocycles. The van der Waals surface area contributed by atoms with Crippen molar-refractivity contribution in [1.29, 1.82) is 0 Å². The van der Waals surface area contributed by atoms with Gasteiger partial charge in [-0.15, -0.1) is 0 Å². The molecule has 1 amide bonds. The molecule has 1 saturated heterocycles. The quantitative estimate of drug-likeness (QED) is 0.796. The molecular weight excluding hydrogens is 278 g/mol. The Morgan fingerprint density at radius 3 is 3.00 bits per heavy atom. The van der Waals surface area contributed by atoms with Crippen molar-refractivity contribution in [2.45, 2.75) is 12.8 Å².